The van der Waals surface area contributed by atoms with Crippen molar-refractivity contribution < 1.29 is 4.79 Å². The molecular weight excluding hydrogens is 306 g/mol. The Balaban J connectivity index is 1.81. The Morgan fingerprint density at radius 3 is 2.65 bits per heavy atom. The lowest BCUT2D eigenvalue weighted by Crippen LogP contribution is -2.11. The molecule has 4 nitrogen and oxygen atoms in total. The highest BCUT2D eigenvalue weighted by Crippen LogP contribution is 2.28. The summed E-state index contributed by atoms with van der Waals surface area (Å²) in [5.41, 5.74) is 3.70. The molecule has 0 radical (unpaired) electrons. The van der Waals surface area contributed by atoms with Crippen LogP contribution in [0.1, 0.15) is 27.9 Å². The number of hydrogen-bond donors (Lipinski definition) is 1. The van der Waals surface area contributed by atoms with E-state index < -0.39 is 0 Å². The molecule has 0 aliphatic carbocycles. The zero-order chi connectivity index (χ0) is 16.2. The van der Waals surface area contributed by atoms with Gasteiger partial charge in [0.15, 0.2) is 0 Å². The van der Waals surface area contributed by atoms with E-state index in [1.807, 2.05) is 43.3 Å². The van der Waals surface area contributed by atoms with Crippen molar-refractivity contribution in [2.75, 3.05) is 5.32 Å². The largest absolute Gasteiger partial charge is 0.321 e. The highest BCUT2D eigenvalue weighted by atomic mass is 32.1. The fourth-order valence-electron chi connectivity index (χ4n) is 2.23. The Morgan fingerprint density at radius 2 is 2.00 bits per heavy atom. The Kier molecular flexibility index (Phi) is 4.48. The standard InChI is InChI=1S/C18H17N3OS/c1-3-13-6-8-15(9-7-13)21-17(22)16-12(2)20-18(23-16)14-5-4-10-19-11-14/h4-11H,3H2,1-2H3,(H,21,22). The van der Waals surface area contributed by atoms with Crippen molar-refractivity contribution in [3.8, 4) is 10.6 Å². The number of aryl methyl sites for hydroxylation is 2. The lowest BCUT2D eigenvalue weighted by atomic mass is 10.1. The predicted molar refractivity (Wildman–Crippen MR) is 93.9 cm³/mol. The minimum absolute atomic E-state index is 0.126. The maximum atomic E-state index is 12.5. The SMILES string of the molecule is CCc1ccc(NC(=O)c2sc(-c3cccnc3)nc2C)cc1. The Morgan fingerprint density at radius 1 is 1.22 bits per heavy atom. The molecule has 23 heavy (non-hydrogen) atoms. The maximum Gasteiger partial charge on any atom is 0.267 e. The average molecular weight is 323 g/mol. The summed E-state index contributed by atoms with van der Waals surface area (Å²) < 4.78 is 0. The van der Waals surface area contributed by atoms with Crippen LogP contribution in [0, 0.1) is 6.92 Å². The van der Waals surface area contributed by atoms with E-state index in [1.54, 1.807) is 12.4 Å². The molecule has 0 fully saturated rings. The van der Waals surface area contributed by atoms with Crippen molar-refractivity contribution in [3.63, 3.8) is 0 Å². The third-order valence-electron chi connectivity index (χ3n) is 3.53. The van der Waals surface area contributed by atoms with Crippen molar-refractivity contribution in [2.45, 2.75) is 20.3 Å². The summed E-state index contributed by atoms with van der Waals surface area (Å²) in [6.45, 7) is 3.96. The van der Waals surface area contributed by atoms with E-state index in [0.717, 1.165) is 28.4 Å². The van der Waals surface area contributed by atoms with Crippen LogP contribution in [0.2, 0.25) is 0 Å². The Hall–Kier alpha value is -2.53. The lowest BCUT2D eigenvalue weighted by molar-refractivity contribution is 0.103. The van der Waals surface area contributed by atoms with Crippen LogP contribution in [0.25, 0.3) is 10.6 Å². The number of nitrogens with zero attached hydrogens (tertiary/aromatic N) is 2. The molecule has 0 aliphatic heterocycles. The number of rotatable bonds is 4. The van der Waals surface area contributed by atoms with Gasteiger partial charge in [-0.05, 0) is 43.2 Å². The second-order valence-electron chi connectivity index (χ2n) is 5.18. The summed E-state index contributed by atoms with van der Waals surface area (Å²) in [4.78, 5) is 21.7. The summed E-state index contributed by atoms with van der Waals surface area (Å²) in [5, 5.41) is 3.74. The predicted octanol–water partition coefficient (Wildman–Crippen LogP) is 4.33. The number of hydrogen-bond acceptors (Lipinski definition) is 4. The topological polar surface area (TPSA) is 54.9 Å². The molecule has 116 valence electrons. The summed E-state index contributed by atoms with van der Waals surface area (Å²) in [5.74, 6) is -0.126. The van der Waals surface area contributed by atoms with Crippen molar-refractivity contribution in [2.24, 2.45) is 0 Å². The summed E-state index contributed by atoms with van der Waals surface area (Å²) in [6, 6.07) is 11.7. The van der Waals surface area contributed by atoms with E-state index >= 15 is 0 Å². The number of benzene rings is 1. The van der Waals surface area contributed by atoms with Gasteiger partial charge in [-0.1, -0.05) is 19.1 Å². The first-order valence-electron chi connectivity index (χ1n) is 7.45. The smallest absolute Gasteiger partial charge is 0.267 e. The molecule has 0 spiro atoms. The van der Waals surface area contributed by atoms with Crippen LogP contribution in [0.3, 0.4) is 0 Å². The number of carbonyl (C=O) groups is 1. The molecule has 1 N–H and O–H groups in total. The molecule has 2 heterocycles. The van der Waals surface area contributed by atoms with Crippen LogP contribution in [0.15, 0.2) is 48.8 Å². The summed E-state index contributed by atoms with van der Waals surface area (Å²) >= 11 is 1.38. The molecule has 0 saturated heterocycles. The summed E-state index contributed by atoms with van der Waals surface area (Å²) in [6.07, 6.45) is 4.46. The quantitative estimate of drug-likeness (QED) is 0.777. The molecular formula is C18H17N3OS. The molecule has 0 bridgehead atoms. The van der Waals surface area contributed by atoms with Crippen LogP contribution in [0.5, 0.6) is 0 Å². The third kappa shape index (κ3) is 3.46. The van der Waals surface area contributed by atoms with Crippen LogP contribution >= 0.6 is 11.3 Å². The first-order valence-corrected chi connectivity index (χ1v) is 8.27. The van der Waals surface area contributed by atoms with E-state index in [9.17, 15) is 4.79 Å². The number of carbonyl (C=O) groups excluding carboxylic acids is 1. The van der Waals surface area contributed by atoms with Crippen molar-refractivity contribution in [1.82, 2.24) is 9.97 Å². The van der Waals surface area contributed by atoms with Gasteiger partial charge in [0.05, 0.1) is 5.69 Å². The molecule has 1 amide bonds. The fourth-order valence-corrected chi connectivity index (χ4v) is 3.18. The number of amides is 1. The molecule has 5 heteroatoms. The van der Waals surface area contributed by atoms with Gasteiger partial charge >= 0.3 is 0 Å². The van der Waals surface area contributed by atoms with Gasteiger partial charge in [0.2, 0.25) is 0 Å². The Bertz CT molecular complexity index is 810. The minimum Gasteiger partial charge on any atom is -0.321 e. The van der Waals surface area contributed by atoms with Gasteiger partial charge in [-0.15, -0.1) is 11.3 Å². The van der Waals surface area contributed by atoms with Gasteiger partial charge in [0, 0.05) is 23.6 Å². The molecule has 0 unspecified atom stereocenters. The van der Waals surface area contributed by atoms with Gasteiger partial charge in [0.1, 0.15) is 9.88 Å². The highest BCUT2D eigenvalue weighted by Gasteiger charge is 2.16. The lowest BCUT2D eigenvalue weighted by Gasteiger charge is -2.04. The van der Waals surface area contributed by atoms with E-state index in [-0.39, 0.29) is 5.91 Å². The van der Waals surface area contributed by atoms with Crippen molar-refractivity contribution >= 4 is 22.9 Å². The number of aromatic nitrogens is 2. The van der Waals surface area contributed by atoms with Gasteiger partial charge in [-0.3, -0.25) is 9.78 Å². The van der Waals surface area contributed by atoms with E-state index in [4.69, 9.17) is 0 Å². The van der Waals surface area contributed by atoms with Crippen LogP contribution in [0.4, 0.5) is 5.69 Å². The first-order chi connectivity index (χ1) is 11.2. The van der Waals surface area contributed by atoms with Crippen molar-refractivity contribution in [1.29, 1.82) is 0 Å². The van der Waals surface area contributed by atoms with Crippen LogP contribution in [-0.4, -0.2) is 15.9 Å². The minimum atomic E-state index is -0.126. The Labute approximate surface area is 139 Å². The maximum absolute atomic E-state index is 12.5. The van der Waals surface area contributed by atoms with Gasteiger partial charge in [-0.2, -0.15) is 0 Å². The number of thiazole rings is 1. The van der Waals surface area contributed by atoms with Gasteiger partial charge < -0.3 is 5.32 Å². The molecule has 1 aromatic carbocycles. The van der Waals surface area contributed by atoms with Crippen molar-refractivity contribution in [3.05, 3.63) is 64.9 Å². The molecule has 3 aromatic rings. The van der Waals surface area contributed by atoms with Gasteiger partial charge in [0.25, 0.3) is 5.91 Å². The van der Waals surface area contributed by atoms with E-state index in [1.165, 1.54) is 16.9 Å². The monoisotopic (exact) mass is 323 g/mol. The van der Waals surface area contributed by atoms with Crippen LogP contribution in [-0.2, 0) is 6.42 Å². The van der Waals surface area contributed by atoms with E-state index in [0.29, 0.717) is 4.88 Å². The van der Waals surface area contributed by atoms with Crippen LogP contribution < -0.4 is 5.32 Å². The zero-order valence-corrected chi connectivity index (χ0v) is 13.9. The second-order valence-corrected chi connectivity index (χ2v) is 6.18. The zero-order valence-electron chi connectivity index (χ0n) is 13.0. The molecule has 2 aromatic heterocycles. The average Bonchev–Trinajstić information content (AvgIpc) is 2.98. The number of nitrogens with one attached hydrogen (secondary N) is 1. The molecule has 0 atom stereocenters. The first kappa shape index (κ1) is 15.4. The third-order valence-corrected chi connectivity index (χ3v) is 4.74. The van der Waals surface area contributed by atoms with E-state index in [2.05, 4.69) is 22.2 Å². The summed E-state index contributed by atoms with van der Waals surface area (Å²) in [7, 11) is 0. The normalized spacial score (nSPS) is 10.5. The number of pyridine rings is 1. The molecule has 0 aliphatic rings. The fraction of sp³-hybridized carbons (Fsp3) is 0.167. The number of anilines is 1. The molecule has 0 saturated carbocycles. The molecule has 3 rings (SSSR count). The van der Waals surface area contributed by atoms with Gasteiger partial charge in [-0.25, -0.2) is 4.98 Å². The second kappa shape index (κ2) is 6.71. The highest BCUT2D eigenvalue weighted by molar-refractivity contribution is 7.17.